The Bertz CT molecular complexity index is 545. The van der Waals surface area contributed by atoms with Crippen molar-refractivity contribution in [1.82, 2.24) is 4.57 Å². The number of nitrogens with zero attached hydrogens (tertiary/aromatic N) is 2. The minimum Gasteiger partial charge on any atom is -0.397 e. The summed E-state index contributed by atoms with van der Waals surface area (Å²) in [5, 5.41) is 0. The fourth-order valence-corrected chi connectivity index (χ4v) is 1.91. The van der Waals surface area contributed by atoms with Crippen molar-refractivity contribution >= 4 is 17.3 Å². The van der Waals surface area contributed by atoms with Gasteiger partial charge in [-0.25, -0.2) is 0 Å². The number of anilines is 2. The van der Waals surface area contributed by atoms with E-state index in [0.29, 0.717) is 11.4 Å². The number of para-hydroxylation sites is 1. The molecule has 0 saturated heterocycles. The zero-order valence-electron chi connectivity index (χ0n) is 10.6. The van der Waals surface area contributed by atoms with E-state index in [-0.39, 0.29) is 5.91 Å². The molecule has 0 radical (unpaired) electrons. The summed E-state index contributed by atoms with van der Waals surface area (Å²) in [6, 6.07) is 11.3. The minimum absolute atomic E-state index is 0.0558. The zero-order valence-corrected chi connectivity index (χ0v) is 10.6. The number of hydrogen-bond donors (Lipinski definition) is 1. The van der Waals surface area contributed by atoms with E-state index in [1.54, 1.807) is 24.2 Å². The molecule has 0 aliphatic carbocycles. The molecule has 4 heteroatoms. The van der Waals surface area contributed by atoms with Gasteiger partial charge in [0.1, 0.15) is 5.69 Å². The first-order valence-electron chi connectivity index (χ1n) is 5.92. The Hall–Kier alpha value is -2.23. The number of aryl methyl sites for hydroxylation is 1. The average Bonchev–Trinajstić information content (AvgIpc) is 2.79. The van der Waals surface area contributed by atoms with Gasteiger partial charge in [0.15, 0.2) is 0 Å². The van der Waals surface area contributed by atoms with E-state index < -0.39 is 0 Å². The number of carbonyl (C=O) groups is 1. The van der Waals surface area contributed by atoms with Crippen molar-refractivity contribution in [2.75, 3.05) is 17.7 Å². The van der Waals surface area contributed by atoms with E-state index in [2.05, 4.69) is 0 Å². The Morgan fingerprint density at radius 3 is 2.61 bits per heavy atom. The topological polar surface area (TPSA) is 51.3 Å². The standard InChI is InChI=1S/C14H17N3O/c1-3-17-10-11(15)9-13(17)14(18)16(2)12-7-5-4-6-8-12/h4-10H,3,15H2,1-2H3. The Kier molecular flexibility index (Phi) is 3.37. The highest BCUT2D eigenvalue weighted by Gasteiger charge is 2.17. The van der Waals surface area contributed by atoms with Gasteiger partial charge in [-0.1, -0.05) is 18.2 Å². The monoisotopic (exact) mass is 243 g/mol. The van der Waals surface area contributed by atoms with Crippen molar-refractivity contribution in [3.8, 4) is 0 Å². The molecular formula is C14H17N3O. The van der Waals surface area contributed by atoms with Gasteiger partial charge in [0, 0.05) is 25.5 Å². The van der Waals surface area contributed by atoms with Gasteiger partial charge in [0.25, 0.3) is 5.91 Å². The molecule has 0 atom stereocenters. The van der Waals surface area contributed by atoms with Crippen LogP contribution in [0.2, 0.25) is 0 Å². The van der Waals surface area contributed by atoms with Crippen LogP contribution in [-0.2, 0) is 6.54 Å². The third kappa shape index (κ3) is 2.22. The molecule has 1 amide bonds. The molecule has 0 bridgehead atoms. The third-order valence-corrected chi connectivity index (χ3v) is 2.93. The van der Waals surface area contributed by atoms with E-state index in [9.17, 15) is 4.79 Å². The van der Waals surface area contributed by atoms with Crippen molar-refractivity contribution < 1.29 is 4.79 Å². The van der Waals surface area contributed by atoms with Crippen LogP contribution in [0, 0.1) is 0 Å². The van der Waals surface area contributed by atoms with Crippen LogP contribution < -0.4 is 10.6 Å². The molecule has 4 nitrogen and oxygen atoms in total. The Labute approximate surface area is 107 Å². The highest BCUT2D eigenvalue weighted by molar-refractivity contribution is 6.05. The zero-order chi connectivity index (χ0) is 13.1. The van der Waals surface area contributed by atoms with Crippen molar-refractivity contribution in [3.63, 3.8) is 0 Å². The van der Waals surface area contributed by atoms with Crippen molar-refractivity contribution in [2.24, 2.45) is 0 Å². The number of nitrogen functional groups attached to an aromatic ring is 1. The lowest BCUT2D eigenvalue weighted by molar-refractivity contribution is 0.0984. The molecule has 0 aliphatic heterocycles. The molecule has 2 rings (SSSR count). The largest absolute Gasteiger partial charge is 0.397 e. The summed E-state index contributed by atoms with van der Waals surface area (Å²) in [4.78, 5) is 14.0. The summed E-state index contributed by atoms with van der Waals surface area (Å²) in [5.74, 6) is -0.0558. The van der Waals surface area contributed by atoms with Gasteiger partial charge >= 0.3 is 0 Å². The Balaban J connectivity index is 2.31. The van der Waals surface area contributed by atoms with Crippen LogP contribution in [0.1, 0.15) is 17.4 Å². The number of rotatable bonds is 3. The van der Waals surface area contributed by atoms with Crippen molar-refractivity contribution in [1.29, 1.82) is 0 Å². The Morgan fingerprint density at radius 2 is 2.00 bits per heavy atom. The summed E-state index contributed by atoms with van der Waals surface area (Å²) in [6.07, 6.45) is 1.78. The van der Waals surface area contributed by atoms with Gasteiger partial charge in [0.2, 0.25) is 0 Å². The van der Waals surface area contributed by atoms with E-state index in [4.69, 9.17) is 5.73 Å². The van der Waals surface area contributed by atoms with Crippen molar-refractivity contribution in [2.45, 2.75) is 13.5 Å². The van der Waals surface area contributed by atoms with Crippen LogP contribution in [0.4, 0.5) is 11.4 Å². The quantitative estimate of drug-likeness (QED) is 0.899. The molecule has 2 N–H and O–H groups in total. The fourth-order valence-electron chi connectivity index (χ4n) is 1.91. The van der Waals surface area contributed by atoms with Crippen LogP contribution in [-0.4, -0.2) is 17.5 Å². The first kappa shape index (κ1) is 12.2. The average molecular weight is 243 g/mol. The molecule has 18 heavy (non-hydrogen) atoms. The summed E-state index contributed by atoms with van der Waals surface area (Å²) in [6.45, 7) is 2.71. The highest BCUT2D eigenvalue weighted by Crippen LogP contribution is 2.17. The van der Waals surface area contributed by atoms with Gasteiger partial charge in [-0.05, 0) is 25.1 Å². The smallest absolute Gasteiger partial charge is 0.274 e. The summed E-state index contributed by atoms with van der Waals surface area (Å²) >= 11 is 0. The number of amides is 1. The SMILES string of the molecule is CCn1cc(N)cc1C(=O)N(C)c1ccccc1. The fraction of sp³-hybridized carbons (Fsp3) is 0.214. The van der Waals surface area contributed by atoms with Gasteiger partial charge in [0.05, 0.1) is 5.69 Å². The molecule has 0 fully saturated rings. The second kappa shape index (κ2) is 4.96. The first-order chi connectivity index (χ1) is 8.63. The molecule has 94 valence electrons. The molecule has 1 aromatic carbocycles. The lowest BCUT2D eigenvalue weighted by atomic mass is 10.2. The molecular weight excluding hydrogens is 226 g/mol. The van der Waals surface area contributed by atoms with Crippen LogP contribution >= 0.6 is 0 Å². The van der Waals surface area contributed by atoms with Crippen molar-refractivity contribution in [3.05, 3.63) is 48.3 Å². The predicted octanol–water partition coefficient (Wildman–Crippen LogP) is 2.37. The maximum Gasteiger partial charge on any atom is 0.274 e. The normalized spacial score (nSPS) is 10.3. The lowest BCUT2D eigenvalue weighted by Crippen LogP contribution is -2.28. The number of benzene rings is 1. The van der Waals surface area contributed by atoms with Crippen LogP contribution in [0.5, 0.6) is 0 Å². The number of carbonyl (C=O) groups excluding carboxylic acids is 1. The van der Waals surface area contributed by atoms with Gasteiger partial charge in [-0.3, -0.25) is 4.79 Å². The second-order valence-corrected chi connectivity index (χ2v) is 4.14. The minimum atomic E-state index is -0.0558. The summed E-state index contributed by atoms with van der Waals surface area (Å²) < 4.78 is 1.86. The van der Waals surface area contributed by atoms with E-state index >= 15 is 0 Å². The maximum absolute atomic E-state index is 12.4. The Morgan fingerprint density at radius 1 is 1.33 bits per heavy atom. The number of aromatic nitrogens is 1. The van der Waals surface area contributed by atoms with E-state index in [1.165, 1.54) is 0 Å². The molecule has 0 saturated carbocycles. The molecule has 0 aliphatic rings. The lowest BCUT2D eigenvalue weighted by Gasteiger charge is -2.18. The summed E-state index contributed by atoms with van der Waals surface area (Å²) in [5.41, 5.74) is 7.83. The van der Waals surface area contributed by atoms with E-state index in [0.717, 1.165) is 12.2 Å². The predicted molar refractivity (Wildman–Crippen MR) is 73.7 cm³/mol. The molecule has 1 aromatic heterocycles. The maximum atomic E-state index is 12.4. The summed E-state index contributed by atoms with van der Waals surface area (Å²) in [7, 11) is 1.76. The molecule has 0 spiro atoms. The molecule has 2 aromatic rings. The van der Waals surface area contributed by atoms with Crippen LogP contribution in [0.3, 0.4) is 0 Å². The second-order valence-electron chi connectivity index (χ2n) is 4.14. The van der Waals surface area contributed by atoms with Gasteiger partial charge in [-0.2, -0.15) is 0 Å². The van der Waals surface area contributed by atoms with Crippen LogP contribution in [0.25, 0.3) is 0 Å². The number of hydrogen-bond acceptors (Lipinski definition) is 2. The first-order valence-corrected chi connectivity index (χ1v) is 5.92. The molecule has 0 unspecified atom stereocenters. The third-order valence-electron chi connectivity index (χ3n) is 2.93. The van der Waals surface area contributed by atoms with E-state index in [1.807, 2.05) is 41.8 Å². The van der Waals surface area contributed by atoms with Crippen LogP contribution in [0.15, 0.2) is 42.6 Å². The van der Waals surface area contributed by atoms with Gasteiger partial charge < -0.3 is 15.2 Å². The van der Waals surface area contributed by atoms with Gasteiger partial charge in [-0.15, -0.1) is 0 Å². The number of nitrogens with two attached hydrogens (primary N) is 1. The highest BCUT2D eigenvalue weighted by atomic mass is 16.2. The molecule has 1 heterocycles.